The lowest BCUT2D eigenvalue weighted by molar-refractivity contribution is -0.301. The van der Waals surface area contributed by atoms with Crippen molar-refractivity contribution in [3.05, 3.63) is 97.2 Å². The molecule has 75 heavy (non-hydrogen) atoms. The second-order valence-corrected chi connectivity index (χ2v) is 19.5. The smallest absolute Gasteiger partial charge is 0.335 e. The topological polar surface area (TPSA) is 175 Å². The summed E-state index contributed by atoms with van der Waals surface area (Å²) < 4.78 is 28.3. The summed E-state index contributed by atoms with van der Waals surface area (Å²) in [5.41, 5.74) is 0. The van der Waals surface area contributed by atoms with E-state index in [4.69, 9.17) is 23.7 Å². The number of carbonyl (C=O) groups is 4. The summed E-state index contributed by atoms with van der Waals surface area (Å²) in [6, 6.07) is 0. The third-order valence-electron chi connectivity index (χ3n) is 12.7. The first-order chi connectivity index (χ1) is 36.6. The van der Waals surface area contributed by atoms with Gasteiger partial charge in [0.05, 0.1) is 6.61 Å². The number of hydrogen-bond donors (Lipinski definition) is 3. The minimum atomic E-state index is -1.93. The normalized spacial score (nSPS) is 18.9. The Morgan fingerprint density at radius 1 is 0.453 bits per heavy atom. The predicted octanol–water partition coefficient (Wildman–Crippen LogP) is 14.9. The first-order valence-electron chi connectivity index (χ1n) is 29.2. The van der Waals surface area contributed by atoms with Gasteiger partial charge in [-0.05, 0) is 89.9 Å². The van der Waals surface area contributed by atoms with Crippen molar-refractivity contribution < 1.29 is 58.2 Å². The van der Waals surface area contributed by atoms with Crippen molar-refractivity contribution in [2.24, 2.45) is 0 Å². The first kappa shape index (κ1) is 68.7. The number of hydrogen-bond acceptors (Lipinski definition) is 11. The van der Waals surface area contributed by atoms with E-state index in [1.165, 1.54) is 51.4 Å². The number of rotatable bonds is 48. The third-order valence-corrected chi connectivity index (χ3v) is 12.7. The van der Waals surface area contributed by atoms with Crippen LogP contribution in [0.3, 0.4) is 0 Å². The van der Waals surface area contributed by atoms with Crippen LogP contribution >= 0.6 is 0 Å². The molecule has 3 N–H and O–H groups in total. The van der Waals surface area contributed by atoms with Gasteiger partial charge < -0.3 is 39.0 Å². The molecular weight excluding hydrogens is 949 g/mol. The summed E-state index contributed by atoms with van der Waals surface area (Å²) in [5, 5.41) is 31.4. The van der Waals surface area contributed by atoms with Gasteiger partial charge in [0.25, 0.3) is 0 Å². The van der Waals surface area contributed by atoms with Crippen LogP contribution in [0.5, 0.6) is 0 Å². The highest BCUT2D eigenvalue weighted by Gasteiger charge is 2.50. The Balaban J connectivity index is 2.72. The van der Waals surface area contributed by atoms with Crippen molar-refractivity contribution in [1.82, 2.24) is 0 Å². The minimum Gasteiger partial charge on any atom is -0.479 e. The molecule has 6 unspecified atom stereocenters. The first-order valence-corrected chi connectivity index (χ1v) is 29.2. The van der Waals surface area contributed by atoms with Gasteiger partial charge in [0, 0.05) is 19.3 Å². The average molecular weight is 1050 g/mol. The van der Waals surface area contributed by atoms with Crippen LogP contribution < -0.4 is 0 Å². The number of carboxylic acids is 1. The molecule has 0 aromatic carbocycles. The monoisotopic (exact) mass is 1050 g/mol. The van der Waals surface area contributed by atoms with E-state index in [1.54, 1.807) is 0 Å². The highest BCUT2D eigenvalue weighted by atomic mass is 16.7. The zero-order valence-electron chi connectivity index (χ0n) is 46.8. The lowest BCUT2D eigenvalue weighted by atomic mass is 9.98. The Hall–Kier alpha value is -4.36. The molecule has 0 spiro atoms. The number of aliphatic carboxylic acids is 1. The van der Waals surface area contributed by atoms with Crippen LogP contribution in [0, 0.1) is 0 Å². The van der Waals surface area contributed by atoms with Crippen LogP contribution in [0.4, 0.5) is 0 Å². The summed E-state index contributed by atoms with van der Waals surface area (Å²) in [6.07, 6.45) is 53.8. The van der Waals surface area contributed by atoms with Crippen molar-refractivity contribution in [3.8, 4) is 0 Å². The van der Waals surface area contributed by atoms with E-state index in [0.717, 1.165) is 109 Å². The molecule has 0 amide bonds. The summed E-state index contributed by atoms with van der Waals surface area (Å²) in [5.74, 6) is -3.21. The van der Waals surface area contributed by atoms with Gasteiger partial charge >= 0.3 is 23.9 Å². The molecule has 0 bridgehead atoms. The Morgan fingerprint density at radius 3 is 1.32 bits per heavy atom. The number of carbonyl (C=O) groups excluding carboxylic acids is 3. The Labute approximate surface area is 453 Å². The third kappa shape index (κ3) is 40.6. The van der Waals surface area contributed by atoms with Gasteiger partial charge in [-0.3, -0.25) is 14.4 Å². The molecule has 1 saturated heterocycles. The maximum absolute atomic E-state index is 13.1. The molecule has 0 saturated carbocycles. The second-order valence-electron chi connectivity index (χ2n) is 19.5. The molecule has 1 aliphatic rings. The van der Waals surface area contributed by atoms with Crippen molar-refractivity contribution in [2.45, 2.75) is 263 Å². The molecular formula is C63H102O12. The number of aliphatic hydroxyl groups excluding tert-OH is 2. The molecule has 0 radical (unpaired) electrons. The van der Waals surface area contributed by atoms with Gasteiger partial charge in [0.1, 0.15) is 18.8 Å². The van der Waals surface area contributed by atoms with Crippen LogP contribution in [0.25, 0.3) is 0 Å². The molecule has 1 fully saturated rings. The van der Waals surface area contributed by atoms with Crippen molar-refractivity contribution >= 4 is 23.9 Å². The fourth-order valence-corrected chi connectivity index (χ4v) is 8.24. The van der Waals surface area contributed by atoms with Crippen molar-refractivity contribution in [3.63, 3.8) is 0 Å². The average Bonchev–Trinajstić information content (AvgIpc) is 3.39. The highest BCUT2D eigenvalue weighted by Crippen LogP contribution is 2.26. The number of aliphatic hydroxyl groups is 2. The number of unbranched alkanes of at least 4 members (excludes halogenated alkanes) is 18. The van der Waals surface area contributed by atoms with Crippen molar-refractivity contribution in [1.29, 1.82) is 0 Å². The second kappa shape index (κ2) is 50.5. The molecule has 1 rings (SSSR count). The fraction of sp³-hybridized carbons (Fsp3) is 0.683. The van der Waals surface area contributed by atoms with E-state index in [2.05, 4.69) is 106 Å². The summed E-state index contributed by atoms with van der Waals surface area (Å²) in [7, 11) is 0. The van der Waals surface area contributed by atoms with Gasteiger partial charge in [-0.1, -0.05) is 214 Å². The Bertz CT molecular complexity index is 1670. The fourth-order valence-electron chi connectivity index (χ4n) is 8.24. The summed E-state index contributed by atoms with van der Waals surface area (Å²) in [6.45, 7) is 5.72. The van der Waals surface area contributed by atoms with E-state index in [1.807, 2.05) is 12.2 Å². The molecule has 1 aliphatic heterocycles. The standard InChI is InChI=1S/C63H102O12/c1-4-7-10-13-16-19-22-24-26-28-30-32-35-37-40-43-46-49-55(64)71-52-54(73-56(65)50-47-44-41-38-34-21-18-15-12-9-6-3)53-72-63-61(59(68)58(67)60(75-63)62(69)70)74-57(66)51-48-45-42-39-36-33-31-29-27-25-23-20-17-14-11-8-5-2/h7-8,10-11,16-17,19-20,24-27,31,33,39,42,54,58-61,63,67-68H,4-6,9,12-15,18,21-23,28-30,32,34-38,40-41,43-53H2,1-3H3,(H,69,70)/b10-7-,11-8-,19-16-,20-17-,26-24-,27-25-,33-31-,42-39-. The van der Waals surface area contributed by atoms with Crippen LogP contribution in [0.15, 0.2) is 97.2 Å². The van der Waals surface area contributed by atoms with Crippen LogP contribution in [0.1, 0.15) is 226 Å². The molecule has 1 heterocycles. The Morgan fingerprint density at radius 2 is 0.853 bits per heavy atom. The number of carboxylic acid groups (broad SMARTS) is 1. The largest absolute Gasteiger partial charge is 0.479 e. The SMILES string of the molecule is CC/C=C\C/C=C\C/C=C\C/C=C\C/C=C\CCCC(=O)OC1C(OCC(COC(=O)CCCCCCCCC/C=C\C/C=C\C/C=C\CC)OC(=O)CCCCCCCCCCCCC)OC(C(=O)O)C(O)C1O. The van der Waals surface area contributed by atoms with E-state index in [-0.39, 0.29) is 25.9 Å². The van der Waals surface area contributed by atoms with Crippen molar-refractivity contribution in [2.75, 3.05) is 13.2 Å². The van der Waals surface area contributed by atoms with Gasteiger partial charge in [-0.15, -0.1) is 0 Å². The molecule has 426 valence electrons. The molecule has 12 heteroatoms. The lowest BCUT2D eigenvalue weighted by Crippen LogP contribution is -2.61. The number of esters is 3. The van der Waals surface area contributed by atoms with E-state index in [9.17, 15) is 34.5 Å². The molecule has 0 aromatic rings. The molecule has 0 aromatic heterocycles. The van der Waals surface area contributed by atoms with Crippen LogP contribution in [0.2, 0.25) is 0 Å². The summed E-state index contributed by atoms with van der Waals surface area (Å²) in [4.78, 5) is 51.0. The van der Waals surface area contributed by atoms with E-state index in [0.29, 0.717) is 25.7 Å². The van der Waals surface area contributed by atoms with Gasteiger partial charge in [-0.25, -0.2) is 4.79 Å². The molecule has 6 atom stereocenters. The van der Waals surface area contributed by atoms with Crippen LogP contribution in [-0.4, -0.2) is 89.2 Å². The van der Waals surface area contributed by atoms with Gasteiger partial charge in [0.2, 0.25) is 0 Å². The van der Waals surface area contributed by atoms with Gasteiger partial charge in [-0.2, -0.15) is 0 Å². The zero-order chi connectivity index (χ0) is 54.7. The Kier molecular flexibility index (Phi) is 46.2. The quantitative estimate of drug-likeness (QED) is 0.0228. The maximum atomic E-state index is 13.1. The molecule has 0 aliphatic carbocycles. The van der Waals surface area contributed by atoms with Crippen LogP contribution in [-0.2, 0) is 42.9 Å². The predicted molar refractivity (Wildman–Crippen MR) is 303 cm³/mol. The number of ether oxygens (including phenoxy) is 5. The van der Waals surface area contributed by atoms with Gasteiger partial charge in [0.15, 0.2) is 24.6 Å². The molecule has 12 nitrogen and oxygen atoms in total. The highest BCUT2D eigenvalue weighted by molar-refractivity contribution is 5.74. The maximum Gasteiger partial charge on any atom is 0.335 e. The minimum absolute atomic E-state index is 0.0216. The zero-order valence-corrected chi connectivity index (χ0v) is 46.8. The summed E-state index contributed by atoms with van der Waals surface area (Å²) >= 11 is 0. The van der Waals surface area contributed by atoms with E-state index < -0.39 is 67.3 Å². The number of allylic oxidation sites excluding steroid dienone is 16. The lowest BCUT2D eigenvalue weighted by Gasteiger charge is -2.40. The van der Waals surface area contributed by atoms with E-state index >= 15 is 0 Å².